The van der Waals surface area contributed by atoms with Gasteiger partial charge in [0.05, 0.1) is 22.7 Å². The molecule has 0 bridgehead atoms. The van der Waals surface area contributed by atoms with Crippen LogP contribution in [0, 0.1) is 10.1 Å². The highest BCUT2D eigenvalue weighted by atomic mass is 16.6. The van der Waals surface area contributed by atoms with Crippen molar-refractivity contribution in [1.29, 1.82) is 0 Å². The maximum Gasteiger partial charge on any atom is 0.270 e. The Kier molecular flexibility index (Phi) is 5.42. The lowest BCUT2D eigenvalue weighted by Gasteiger charge is -2.16. The van der Waals surface area contributed by atoms with E-state index in [4.69, 9.17) is 0 Å². The van der Waals surface area contributed by atoms with Crippen LogP contribution in [0.1, 0.15) is 16.7 Å². The molecular weight excluding hydrogens is 448 g/mol. The van der Waals surface area contributed by atoms with Crippen molar-refractivity contribution in [2.45, 2.75) is 6.54 Å². The number of imide groups is 1. The van der Waals surface area contributed by atoms with E-state index < -0.39 is 4.92 Å². The monoisotopic (exact) mass is 466 g/mol. The van der Waals surface area contributed by atoms with E-state index in [-0.39, 0.29) is 30.0 Å². The molecule has 5 rings (SSSR count). The fourth-order valence-corrected chi connectivity index (χ4v) is 4.01. The molecule has 172 valence electrons. The highest BCUT2D eigenvalue weighted by Gasteiger charge is 2.30. The molecule has 2 heterocycles. The van der Waals surface area contributed by atoms with Gasteiger partial charge in [-0.15, -0.1) is 0 Å². The summed E-state index contributed by atoms with van der Waals surface area (Å²) in [5.41, 5.74) is 3.73. The molecule has 0 atom stereocenters. The summed E-state index contributed by atoms with van der Waals surface area (Å²) in [6.07, 6.45) is 2.48. The molecule has 0 saturated heterocycles. The van der Waals surface area contributed by atoms with Gasteiger partial charge in [-0.25, -0.2) is 0 Å². The van der Waals surface area contributed by atoms with Crippen LogP contribution in [0.4, 0.5) is 17.1 Å². The maximum absolute atomic E-state index is 13.0. The van der Waals surface area contributed by atoms with Gasteiger partial charge < -0.3 is 10.6 Å². The molecular formula is C26H18N4O5. The van der Waals surface area contributed by atoms with Crippen molar-refractivity contribution in [2.24, 2.45) is 0 Å². The number of anilines is 2. The largest absolute Gasteiger partial charge is 0.354 e. The average molecular weight is 466 g/mol. The second-order valence-electron chi connectivity index (χ2n) is 7.98. The van der Waals surface area contributed by atoms with Crippen LogP contribution in [0.15, 0.2) is 84.9 Å². The Balaban J connectivity index is 1.52. The Morgan fingerprint density at radius 1 is 0.914 bits per heavy atom. The van der Waals surface area contributed by atoms with E-state index in [1.807, 2.05) is 30.3 Å². The van der Waals surface area contributed by atoms with Crippen LogP contribution in [0.25, 0.3) is 11.3 Å². The number of carbonyl (C=O) groups is 3. The number of nitrogens with zero attached hydrogens (tertiary/aromatic N) is 2. The molecule has 9 heteroatoms. The van der Waals surface area contributed by atoms with Crippen molar-refractivity contribution in [3.8, 4) is 0 Å². The summed E-state index contributed by atoms with van der Waals surface area (Å²) in [6.45, 7) is 0.150. The molecule has 0 radical (unpaired) electrons. The first-order valence-corrected chi connectivity index (χ1v) is 10.7. The van der Waals surface area contributed by atoms with E-state index >= 15 is 0 Å². The highest BCUT2D eigenvalue weighted by Crippen LogP contribution is 2.39. The zero-order valence-corrected chi connectivity index (χ0v) is 18.2. The van der Waals surface area contributed by atoms with Crippen molar-refractivity contribution in [1.82, 2.24) is 4.90 Å². The third-order valence-corrected chi connectivity index (χ3v) is 5.74. The summed E-state index contributed by atoms with van der Waals surface area (Å²) in [7, 11) is 0. The highest BCUT2D eigenvalue weighted by molar-refractivity contribution is 6.37. The topological polar surface area (TPSA) is 122 Å². The molecule has 3 aromatic rings. The first-order chi connectivity index (χ1) is 16.9. The predicted molar refractivity (Wildman–Crippen MR) is 130 cm³/mol. The molecule has 0 aliphatic carbocycles. The number of hydrogen-bond acceptors (Lipinski definition) is 6. The zero-order chi connectivity index (χ0) is 24.5. The zero-order valence-electron chi connectivity index (χ0n) is 18.2. The van der Waals surface area contributed by atoms with Crippen LogP contribution >= 0.6 is 0 Å². The van der Waals surface area contributed by atoms with Gasteiger partial charge in [0.2, 0.25) is 0 Å². The van der Waals surface area contributed by atoms with Gasteiger partial charge in [0.1, 0.15) is 0 Å². The lowest BCUT2D eigenvalue weighted by atomic mass is 9.99. The van der Waals surface area contributed by atoms with Crippen LogP contribution in [0.5, 0.6) is 0 Å². The Morgan fingerprint density at radius 3 is 2.26 bits per heavy atom. The van der Waals surface area contributed by atoms with Gasteiger partial charge in [-0.2, -0.15) is 0 Å². The molecule has 0 spiro atoms. The molecule has 0 unspecified atom stereocenters. The number of fused-ring (bicyclic) bond motifs is 1. The maximum atomic E-state index is 13.0. The number of nitro benzene ring substituents is 1. The minimum Gasteiger partial charge on any atom is -0.354 e. The average Bonchev–Trinajstić information content (AvgIpc) is 3.36. The van der Waals surface area contributed by atoms with E-state index in [0.717, 1.165) is 16.0 Å². The van der Waals surface area contributed by atoms with Crippen molar-refractivity contribution >= 4 is 46.1 Å². The molecule has 3 amide bonds. The van der Waals surface area contributed by atoms with Gasteiger partial charge in [-0.05, 0) is 29.3 Å². The van der Waals surface area contributed by atoms with Crippen molar-refractivity contribution < 1.29 is 19.3 Å². The van der Waals surface area contributed by atoms with Crippen LogP contribution in [-0.2, 0) is 20.9 Å². The smallest absolute Gasteiger partial charge is 0.270 e. The summed E-state index contributed by atoms with van der Waals surface area (Å²) in [4.78, 5) is 48.6. The summed E-state index contributed by atoms with van der Waals surface area (Å²) >= 11 is 0. The number of carbonyl (C=O) groups excluding carboxylic acids is 3. The summed E-state index contributed by atoms with van der Waals surface area (Å²) in [6, 6.07) is 20.6. The number of rotatable bonds is 6. The molecule has 0 fully saturated rings. The summed E-state index contributed by atoms with van der Waals surface area (Å²) < 4.78 is 0. The molecule has 2 N–H and O–H groups in total. The van der Waals surface area contributed by atoms with Crippen molar-refractivity contribution in [3.63, 3.8) is 0 Å². The lowest BCUT2D eigenvalue weighted by molar-refractivity contribution is -0.384. The standard InChI is InChI=1S/C26H18N4O5/c31-22-12-13-23(32)29(22)15-16-6-8-18(9-7-16)27-25(17-4-2-1-3-5-17)24-20-14-19(30(34)35)10-11-21(20)28-26(24)33/h1-14,27H,15H2,(H,28,33). The van der Waals surface area contributed by atoms with Crippen LogP contribution in [-0.4, -0.2) is 27.5 Å². The van der Waals surface area contributed by atoms with Gasteiger partial charge in [0.15, 0.2) is 0 Å². The fraction of sp³-hybridized carbons (Fsp3) is 0.0385. The first kappa shape index (κ1) is 21.8. The Bertz CT molecular complexity index is 1420. The minimum atomic E-state index is -0.500. The predicted octanol–water partition coefficient (Wildman–Crippen LogP) is 3.95. The van der Waals surface area contributed by atoms with E-state index in [2.05, 4.69) is 10.6 Å². The molecule has 2 aliphatic heterocycles. The van der Waals surface area contributed by atoms with E-state index in [9.17, 15) is 24.5 Å². The second-order valence-corrected chi connectivity index (χ2v) is 7.98. The molecule has 0 saturated carbocycles. The molecule has 0 aromatic heterocycles. The van der Waals surface area contributed by atoms with Crippen LogP contribution < -0.4 is 10.6 Å². The van der Waals surface area contributed by atoms with Crippen molar-refractivity contribution in [3.05, 3.63) is 112 Å². The third-order valence-electron chi connectivity index (χ3n) is 5.74. The number of benzene rings is 3. The van der Waals surface area contributed by atoms with Crippen LogP contribution in [0.2, 0.25) is 0 Å². The molecule has 35 heavy (non-hydrogen) atoms. The second kappa shape index (κ2) is 8.71. The van der Waals surface area contributed by atoms with Gasteiger partial charge in [0.25, 0.3) is 23.4 Å². The molecule has 3 aromatic carbocycles. The Hall–Kier alpha value is -5.05. The number of hydrogen-bond donors (Lipinski definition) is 2. The molecule has 2 aliphatic rings. The number of amides is 3. The van der Waals surface area contributed by atoms with Gasteiger partial charge >= 0.3 is 0 Å². The van der Waals surface area contributed by atoms with E-state index in [0.29, 0.717) is 28.2 Å². The normalized spacial score (nSPS) is 15.8. The van der Waals surface area contributed by atoms with Crippen LogP contribution in [0.3, 0.4) is 0 Å². The van der Waals surface area contributed by atoms with E-state index in [1.54, 1.807) is 24.3 Å². The SMILES string of the molecule is O=C1Nc2ccc([N+](=O)[O-])cc2C1=C(Nc1ccc(CN2C(=O)C=CC2=O)cc1)c1ccccc1. The number of nitrogens with one attached hydrogen (secondary N) is 2. The number of non-ortho nitro benzene ring substituents is 1. The fourth-order valence-electron chi connectivity index (χ4n) is 4.01. The lowest BCUT2D eigenvalue weighted by Crippen LogP contribution is -2.29. The summed E-state index contributed by atoms with van der Waals surface area (Å²) in [5, 5.41) is 17.4. The molecule has 9 nitrogen and oxygen atoms in total. The van der Waals surface area contributed by atoms with E-state index in [1.165, 1.54) is 30.4 Å². The van der Waals surface area contributed by atoms with Gasteiger partial charge in [0, 0.05) is 41.2 Å². The quantitative estimate of drug-likeness (QED) is 0.246. The Morgan fingerprint density at radius 2 is 1.60 bits per heavy atom. The minimum absolute atomic E-state index is 0.116. The third kappa shape index (κ3) is 4.18. The Labute approximate surface area is 199 Å². The number of nitro groups is 1. The summed E-state index contributed by atoms with van der Waals surface area (Å²) in [5.74, 6) is -1.08. The first-order valence-electron chi connectivity index (χ1n) is 10.7. The van der Waals surface area contributed by atoms with Gasteiger partial charge in [-0.3, -0.25) is 29.4 Å². The van der Waals surface area contributed by atoms with Gasteiger partial charge in [-0.1, -0.05) is 42.5 Å². The van der Waals surface area contributed by atoms with Crippen molar-refractivity contribution in [2.75, 3.05) is 10.6 Å².